The summed E-state index contributed by atoms with van der Waals surface area (Å²) < 4.78 is 0. The Kier molecular flexibility index (Phi) is 4.06. The van der Waals surface area contributed by atoms with Crippen LogP contribution in [0.2, 0.25) is 0 Å². The summed E-state index contributed by atoms with van der Waals surface area (Å²) in [5, 5.41) is 13.8. The summed E-state index contributed by atoms with van der Waals surface area (Å²) >= 11 is 0. The molecule has 2 aromatic rings. The van der Waals surface area contributed by atoms with Gasteiger partial charge in [-0.25, -0.2) is 0 Å². The molecule has 3 rings (SSSR count). The topological polar surface area (TPSA) is 92.6 Å². The number of nitro benzene ring substituents is 1. The van der Waals surface area contributed by atoms with Crippen molar-refractivity contribution in [2.45, 2.75) is 6.92 Å². The molecule has 25 heavy (non-hydrogen) atoms. The number of carbonyl (C=O) groups excluding carboxylic acids is 2. The lowest BCUT2D eigenvalue weighted by atomic mass is 10.0. The van der Waals surface area contributed by atoms with Crippen molar-refractivity contribution in [3.8, 4) is 0 Å². The third-order valence-electron chi connectivity index (χ3n) is 3.97. The van der Waals surface area contributed by atoms with Crippen molar-refractivity contribution >= 4 is 28.8 Å². The number of nitrogens with one attached hydrogen (secondary N) is 1. The molecule has 0 unspecified atom stereocenters. The molecule has 0 saturated carbocycles. The number of imide groups is 1. The molecule has 0 saturated heterocycles. The van der Waals surface area contributed by atoms with Gasteiger partial charge in [-0.1, -0.05) is 17.7 Å². The van der Waals surface area contributed by atoms with Crippen LogP contribution in [0.4, 0.5) is 11.4 Å². The Morgan fingerprint density at radius 3 is 2.12 bits per heavy atom. The molecule has 1 N–H and O–H groups in total. The van der Waals surface area contributed by atoms with Gasteiger partial charge in [-0.3, -0.25) is 24.6 Å². The second-order valence-electron chi connectivity index (χ2n) is 5.71. The molecule has 1 aliphatic rings. The van der Waals surface area contributed by atoms with Crippen LogP contribution in [0.5, 0.6) is 0 Å². The summed E-state index contributed by atoms with van der Waals surface area (Å²) in [5.74, 6) is -0.896. The van der Waals surface area contributed by atoms with Crippen LogP contribution in [0.15, 0.2) is 54.2 Å². The van der Waals surface area contributed by atoms with Gasteiger partial charge in [0.2, 0.25) is 0 Å². The highest BCUT2D eigenvalue weighted by molar-refractivity contribution is 6.36. The van der Waals surface area contributed by atoms with Crippen LogP contribution in [0, 0.1) is 17.0 Å². The second kappa shape index (κ2) is 6.20. The normalized spacial score (nSPS) is 14.2. The van der Waals surface area contributed by atoms with Gasteiger partial charge < -0.3 is 5.32 Å². The number of likely N-dealkylation sites (N-methyl/N-ethyl adjacent to an activating group) is 1. The van der Waals surface area contributed by atoms with Crippen molar-refractivity contribution < 1.29 is 14.5 Å². The van der Waals surface area contributed by atoms with Crippen LogP contribution in [0.3, 0.4) is 0 Å². The first kappa shape index (κ1) is 16.4. The van der Waals surface area contributed by atoms with E-state index in [9.17, 15) is 19.7 Å². The summed E-state index contributed by atoms with van der Waals surface area (Å²) in [6, 6.07) is 12.9. The Labute approximate surface area is 143 Å². The van der Waals surface area contributed by atoms with Gasteiger partial charge in [-0.05, 0) is 36.8 Å². The van der Waals surface area contributed by atoms with Crippen LogP contribution in [-0.4, -0.2) is 28.7 Å². The maximum absolute atomic E-state index is 12.5. The number of amides is 2. The number of rotatable bonds is 4. The van der Waals surface area contributed by atoms with Gasteiger partial charge in [0.05, 0.1) is 10.5 Å². The van der Waals surface area contributed by atoms with Crippen LogP contribution in [-0.2, 0) is 9.59 Å². The predicted molar refractivity (Wildman–Crippen MR) is 92.6 cm³/mol. The van der Waals surface area contributed by atoms with E-state index < -0.39 is 16.7 Å². The molecule has 2 aromatic carbocycles. The quantitative estimate of drug-likeness (QED) is 0.526. The van der Waals surface area contributed by atoms with Gasteiger partial charge in [0.15, 0.2) is 0 Å². The van der Waals surface area contributed by atoms with Crippen molar-refractivity contribution in [3.63, 3.8) is 0 Å². The lowest BCUT2D eigenvalue weighted by molar-refractivity contribution is -0.384. The van der Waals surface area contributed by atoms with E-state index in [-0.39, 0.29) is 17.0 Å². The average molecular weight is 337 g/mol. The molecule has 0 fully saturated rings. The molecular formula is C18H15N3O4. The number of nitro groups is 1. The first-order valence-corrected chi connectivity index (χ1v) is 7.53. The minimum atomic E-state index is -0.516. The number of nitrogens with zero attached hydrogens (tertiary/aromatic N) is 2. The van der Waals surface area contributed by atoms with Crippen molar-refractivity contribution in [1.29, 1.82) is 0 Å². The first-order chi connectivity index (χ1) is 11.9. The van der Waals surface area contributed by atoms with Crippen LogP contribution in [0.25, 0.3) is 5.57 Å². The lowest BCUT2D eigenvalue weighted by Gasteiger charge is -2.09. The average Bonchev–Trinajstić information content (AvgIpc) is 2.81. The monoisotopic (exact) mass is 337 g/mol. The molecule has 7 heteroatoms. The highest BCUT2D eigenvalue weighted by Crippen LogP contribution is 2.30. The third kappa shape index (κ3) is 2.99. The minimum Gasteiger partial charge on any atom is -0.350 e. The van der Waals surface area contributed by atoms with E-state index in [2.05, 4.69) is 5.32 Å². The smallest absolute Gasteiger partial charge is 0.277 e. The van der Waals surface area contributed by atoms with Crippen molar-refractivity contribution in [1.82, 2.24) is 4.90 Å². The zero-order chi connectivity index (χ0) is 18.1. The second-order valence-corrected chi connectivity index (χ2v) is 5.71. The maximum Gasteiger partial charge on any atom is 0.277 e. The summed E-state index contributed by atoms with van der Waals surface area (Å²) in [6.07, 6.45) is 0. The predicted octanol–water partition coefficient (Wildman–Crippen LogP) is 2.73. The van der Waals surface area contributed by atoms with E-state index in [0.717, 1.165) is 10.5 Å². The van der Waals surface area contributed by atoms with E-state index in [1.165, 1.54) is 31.3 Å². The number of benzene rings is 2. The molecule has 0 aliphatic carbocycles. The number of anilines is 1. The zero-order valence-electron chi connectivity index (χ0n) is 13.6. The SMILES string of the molecule is Cc1ccc(NC2=C(c3ccc([N+](=O)[O-])cc3)C(=O)N(C)C2=O)cc1. The third-order valence-corrected chi connectivity index (χ3v) is 3.97. The highest BCUT2D eigenvalue weighted by Gasteiger charge is 2.36. The van der Waals surface area contributed by atoms with E-state index in [1.807, 2.05) is 31.2 Å². The van der Waals surface area contributed by atoms with E-state index in [4.69, 9.17) is 0 Å². The fourth-order valence-corrected chi connectivity index (χ4v) is 2.56. The summed E-state index contributed by atoms with van der Waals surface area (Å²) in [5.41, 5.74) is 2.47. The van der Waals surface area contributed by atoms with Gasteiger partial charge in [0, 0.05) is 24.9 Å². The fourth-order valence-electron chi connectivity index (χ4n) is 2.56. The largest absolute Gasteiger partial charge is 0.350 e. The molecule has 0 aromatic heterocycles. The van der Waals surface area contributed by atoms with Gasteiger partial charge in [-0.15, -0.1) is 0 Å². The number of non-ortho nitro benzene ring substituents is 1. The molecular weight excluding hydrogens is 322 g/mol. The van der Waals surface area contributed by atoms with Crippen LogP contribution < -0.4 is 5.32 Å². The zero-order valence-corrected chi connectivity index (χ0v) is 13.6. The molecule has 1 aliphatic heterocycles. The first-order valence-electron chi connectivity index (χ1n) is 7.53. The van der Waals surface area contributed by atoms with Crippen molar-refractivity contribution in [2.75, 3.05) is 12.4 Å². The Hall–Kier alpha value is -3.48. The van der Waals surface area contributed by atoms with E-state index in [0.29, 0.717) is 11.3 Å². The van der Waals surface area contributed by atoms with Gasteiger partial charge in [0.1, 0.15) is 5.70 Å². The molecule has 1 heterocycles. The standard InChI is InChI=1S/C18H15N3O4/c1-11-3-7-13(8-4-11)19-16-15(17(22)20(2)18(16)23)12-5-9-14(10-6-12)21(24)25/h3-10,19H,1-2H3. The molecule has 0 radical (unpaired) electrons. The summed E-state index contributed by atoms with van der Waals surface area (Å²) in [7, 11) is 1.40. The van der Waals surface area contributed by atoms with Crippen LogP contribution >= 0.6 is 0 Å². The molecule has 0 bridgehead atoms. The van der Waals surface area contributed by atoms with Crippen LogP contribution in [0.1, 0.15) is 11.1 Å². The van der Waals surface area contributed by atoms with Gasteiger partial charge in [0.25, 0.3) is 17.5 Å². The lowest BCUT2D eigenvalue weighted by Crippen LogP contribution is -2.27. The highest BCUT2D eigenvalue weighted by atomic mass is 16.6. The number of aryl methyl sites for hydroxylation is 1. The van der Waals surface area contributed by atoms with Gasteiger partial charge in [-0.2, -0.15) is 0 Å². The summed E-state index contributed by atoms with van der Waals surface area (Å²) in [4.78, 5) is 36.2. The van der Waals surface area contributed by atoms with Crippen molar-refractivity contribution in [3.05, 3.63) is 75.5 Å². The van der Waals surface area contributed by atoms with E-state index in [1.54, 1.807) is 0 Å². The summed E-state index contributed by atoms with van der Waals surface area (Å²) in [6.45, 7) is 1.95. The van der Waals surface area contributed by atoms with Gasteiger partial charge >= 0.3 is 0 Å². The number of hydrogen-bond acceptors (Lipinski definition) is 5. The van der Waals surface area contributed by atoms with E-state index >= 15 is 0 Å². The number of hydrogen-bond donors (Lipinski definition) is 1. The molecule has 2 amide bonds. The fraction of sp³-hybridized carbons (Fsp3) is 0.111. The molecule has 0 atom stereocenters. The maximum atomic E-state index is 12.5. The Morgan fingerprint density at radius 2 is 1.56 bits per heavy atom. The molecule has 126 valence electrons. The molecule has 7 nitrogen and oxygen atoms in total. The number of carbonyl (C=O) groups is 2. The van der Waals surface area contributed by atoms with Crippen molar-refractivity contribution in [2.24, 2.45) is 0 Å². The Bertz CT molecular complexity index is 899. The molecule has 0 spiro atoms. The minimum absolute atomic E-state index is 0.0810. The Morgan fingerprint density at radius 1 is 0.960 bits per heavy atom. The Balaban J connectivity index is 2.05.